The molecule has 0 unspecified atom stereocenters. The molecule has 0 bridgehead atoms. The number of carbonyl (C=O) groups is 1. The van der Waals surface area contributed by atoms with Crippen LogP contribution in [-0.2, 0) is 14.8 Å². The summed E-state index contributed by atoms with van der Waals surface area (Å²) in [6.07, 6.45) is 0.866. The standard InChI is InChI=1S/C15H26N4O3S/c1-5-9-17-15(20)11-18-14-10-12(23(21,22)19(3)4)7-8-13(14)16-6-2/h7-8,10,16,18H,5-6,9,11H2,1-4H3,(H,17,20). The predicted octanol–water partition coefficient (Wildman–Crippen LogP) is 1.31. The van der Waals surface area contributed by atoms with Gasteiger partial charge in [0.2, 0.25) is 15.9 Å². The number of hydrogen-bond acceptors (Lipinski definition) is 5. The lowest BCUT2D eigenvalue weighted by molar-refractivity contribution is -0.119. The van der Waals surface area contributed by atoms with Gasteiger partial charge in [0.15, 0.2) is 0 Å². The Hall–Kier alpha value is -1.80. The highest BCUT2D eigenvalue weighted by Crippen LogP contribution is 2.26. The molecule has 0 aliphatic heterocycles. The van der Waals surface area contributed by atoms with Crippen LogP contribution in [0, 0.1) is 0 Å². The van der Waals surface area contributed by atoms with Gasteiger partial charge < -0.3 is 16.0 Å². The molecule has 1 aromatic carbocycles. The Bertz CT molecular complexity index is 630. The Balaban J connectivity index is 3.00. The molecule has 0 radical (unpaired) electrons. The summed E-state index contributed by atoms with van der Waals surface area (Å²) in [6.45, 7) is 5.32. The second-order valence-corrected chi connectivity index (χ2v) is 7.38. The number of sulfonamides is 1. The molecule has 8 heteroatoms. The zero-order chi connectivity index (χ0) is 17.5. The smallest absolute Gasteiger partial charge is 0.242 e. The summed E-state index contributed by atoms with van der Waals surface area (Å²) in [7, 11) is -0.549. The average Bonchev–Trinajstić information content (AvgIpc) is 2.51. The van der Waals surface area contributed by atoms with Gasteiger partial charge in [-0.15, -0.1) is 0 Å². The van der Waals surface area contributed by atoms with E-state index >= 15 is 0 Å². The Morgan fingerprint density at radius 1 is 1.13 bits per heavy atom. The van der Waals surface area contributed by atoms with E-state index in [9.17, 15) is 13.2 Å². The summed E-state index contributed by atoms with van der Waals surface area (Å²) in [6, 6.07) is 4.79. The zero-order valence-corrected chi connectivity index (χ0v) is 15.0. The molecule has 1 aromatic rings. The topological polar surface area (TPSA) is 90.5 Å². The maximum atomic E-state index is 12.2. The lowest BCUT2D eigenvalue weighted by atomic mass is 10.2. The molecule has 3 N–H and O–H groups in total. The Morgan fingerprint density at radius 3 is 2.39 bits per heavy atom. The van der Waals surface area contributed by atoms with Crippen LogP contribution < -0.4 is 16.0 Å². The summed E-state index contributed by atoms with van der Waals surface area (Å²) < 4.78 is 25.6. The van der Waals surface area contributed by atoms with E-state index in [4.69, 9.17) is 0 Å². The quantitative estimate of drug-likeness (QED) is 0.629. The minimum absolute atomic E-state index is 0.0872. The van der Waals surface area contributed by atoms with Crippen LogP contribution in [0.1, 0.15) is 20.3 Å². The molecule has 0 saturated carbocycles. The van der Waals surface area contributed by atoms with Crippen LogP contribution in [0.5, 0.6) is 0 Å². The number of carbonyl (C=O) groups excluding carboxylic acids is 1. The van der Waals surface area contributed by atoms with Gasteiger partial charge in [-0.3, -0.25) is 4.79 Å². The van der Waals surface area contributed by atoms with Gasteiger partial charge in [0.1, 0.15) is 0 Å². The van der Waals surface area contributed by atoms with Crippen LogP contribution in [0.15, 0.2) is 23.1 Å². The molecule has 23 heavy (non-hydrogen) atoms. The molecule has 0 saturated heterocycles. The predicted molar refractivity (Wildman–Crippen MR) is 93.3 cm³/mol. The minimum Gasteiger partial charge on any atom is -0.384 e. The van der Waals surface area contributed by atoms with Crippen molar-refractivity contribution in [1.29, 1.82) is 0 Å². The van der Waals surface area contributed by atoms with Crippen LogP contribution in [0.2, 0.25) is 0 Å². The third-order valence-corrected chi connectivity index (χ3v) is 4.96. The molecular formula is C15H26N4O3S. The maximum absolute atomic E-state index is 12.2. The number of anilines is 2. The Morgan fingerprint density at radius 2 is 1.83 bits per heavy atom. The molecule has 7 nitrogen and oxygen atoms in total. The van der Waals surface area contributed by atoms with Gasteiger partial charge in [-0.2, -0.15) is 0 Å². The number of benzene rings is 1. The first-order valence-electron chi connectivity index (χ1n) is 7.64. The van der Waals surface area contributed by atoms with Gasteiger partial charge in [0.05, 0.1) is 22.8 Å². The zero-order valence-electron chi connectivity index (χ0n) is 14.1. The summed E-state index contributed by atoms with van der Waals surface area (Å²) in [5.74, 6) is -0.129. The van der Waals surface area contributed by atoms with E-state index in [-0.39, 0.29) is 17.3 Å². The molecule has 0 fully saturated rings. The summed E-state index contributed by atoms with van der Waals surface area (Å²) in [4.78, 5) is 11.9. The SMILES string of the molecule is CCCNC(=O)CNc1cc(S(=O)(=O)N(C)C)ccc1NCC. The highest BCUT2D eigenvalue weighted by molar-refractivity contribution is 7.89. The molecule has 0 atom stereocenters. The molecule has 1 amide bonds. The Kier molecular flexibility index (Phi) is 7.31. The van der Waals surface area contributed by atoms with Crippen LogP contribution in [0.4, 0.5) is 11.4 Å². The fourth-order valence-electron chi connectivity index (χ4n) is 1.89. The van der Waals surface area contributed by atoms with Crippen molar-refractivity contribution in [2.75, 3.05) is 44.4 Å². The van der Waals surface area contributed by atoms with E-state index in [1.165, 1.54) is 14.1 Å². The van der Waals surface area contributed by atoms with Crippen LogP contribution in [0.3, 0.4) is 0 Å². The van der Waals surface area contributed by atoms with E-state index in [1.807, 2.05) is 13.8 Å². The van der Waals surface area contributed by atoms with Crippen LogP contribution >= 0.6 is 0 Å². The van der Waals surface area contributed by atoms with Gasteiger partial charge in [-0.25, -0.2) is 12.7 Å². The minimum atomic E-state index is -3.52. The van der Waals surface area contributed by atoms with Crippen LogP contribution in [0.25, 0.3) is 0 Å². The number of nitrogens with one attached hydrogen (secondary N) is 3. The number of rotatable bonds is 9. The van der Waals surface area contributed by atoms with Crippen LogP contribution in [-0.4, -0.2) is 52.4 Å². The largest absolute Gasteiger partial charge is 0.384 e. The highest BCUT2D eigenvalue weighted by Gasteiger charge is 2.18. The molecule has 0 spiro atoms. The molecule has 0 aliphatic rings. The molecule has 130 valence electrons. The van der Waals surface area contributed by atoms with Crippen molar-refractivity contribution in [3.8, 4) is 0 Å². The third kappa shape index (κ3) is 5.40. The number of hydrogen-bond donors (Lipinski definition) is 3. The lowest BCUT2D eigenvalue weighted by Crippen LogP contribution is -2.30. The van der Waals surface area contributed by atoms with E-state index in [0.717, 1.165) is 16.4 Å². The summed E-state index contributed by atoms with van der Waals surface area (Å²) in [5.41, 5.74) is 1.34. The molecule has 0 aliphatic carbocycles. The van der Waals surface area contributed by atoms with Crippen molar-refractivity contribution >= 4 is 27.3 Å². The molecule has 0 aromatic heterocycles. The van der Waals surface area contributed by atoms with Crippen molar-refractivity contribution in [2.45, 2.75) is 25.2 Å². The van der Waals surface area contributed by atoms with Crippen molar-refractivity contribution in [1.82, 2.24) is 9.62 Å². The second kappa shape index (κ2) is 8.73. The van der Waals surface area contributed by atoms with Gasteiger partial charge in [0.25, 0.3) is 0 Å². The van der Waals surface area contributed by atoms with Crippen molar-refractivity contribution in [2.24, 2.45) is 0 Å². The summed E-state index contributed by atoms with van der Waals surface area (Å²) >= 11 is 0. The average molecular weight is 342 g/mol. The third-order valence-electron chi connectivity index (χ3n) is 3.15. The van der Waals surface area contributed by atoms with Crippen molar-refractivity contribution in [3.63, 3.8) is 0 Å². The first-order valence-corrected chi connectivity index (χ1v) is 9.08. The van der Waals surface area contributed by atoms with E-state index < -0.39 is 10.0 Å². The lowest BCUT2D eigenvalue weighted by Gasteiger charge is -2.16. The highest BCUT2D eigenvalue weighted by atomic mass is 32.2. The molecular weight excluding hydrogens is 316 g/mol. The van der Waals surface area contributed by atoms with Gasteiger partial charge >= 0.3 is 0 Å². The van der Waals surface area contributed by atoms with Gasteiger partial charge in [-0.05, 0) is 31.5 Å². The maximum Gasteiger partial charge on any atom is 0.242 e. The van der Waals surface area contributed by atoms with Crippen molar-refractivity contribution in [3.05, 3.63) is 18.2 Å². The molecule has 1 rings (SSSR count). The Labute approximate surface area is 138 Å². The van der Waals surface area contributed by atoms with Crippen molar-refractivity contribution < 1.29 is 13.2 Å². The van der Waals surface area contributed by atoms with E-state index in [0.29, 0.717) is 18.8 Å². The fraction of sp³-hybridized carbons (Fsp3) is 0.533. The fourth-order valence-corrected chi connectivity index (χ4v) is 2.82. The van der Waals surface area contributed by atoms with E-state index in [1.54, 1.807) is 18.2 Å². The van der Waals surface area contributed by atoms with E-state index in [2.05, 4.69) is 16.0 Å². The first-order chi connectivity index (χ1) is 10.8. The second-order valence-electron chi connectivity index (χ2n) is 5.23. The van der Waals surface area contributed by atoms with Gasteiger partial charge in [0, 0.05) is 27.2 Å². The number of nitrogens with zero attached hydrogens (tertiary/aromatic N) is 1. The number of amides is 1. The summed E-state index contributed by atoms with van der Waals surface area (Å²) in [5, 5.41) is 8.92. The first kappa shape index (κ1) is 19.2. The molecule has 0 heterocycles. The normalized spacial score (nSPS) is 11.3. The van der Waals surface area contributed by atoms with Gasteiger partial charge in [-0.1, -0.05) is 6.92 Å². The monoisotopic (exact) mass is 342 g/mol.